The normalized spacial score (nSPS) is 14.1. The second kappa shape index (κ2) is 6.60. The first-order valence-corrected chi connectivity index (χ1v) is 6.85. The van der Waals surface area contributed by atoms with Crippen LogP contribution in [0.15, 0.2) is 18.2 Å². The molecule has 0 aliphatic heterocycles. The van der Waals surface area contributed by atoms with E-state index >= 15 is 0 Å². The fraction of sp³-hybridized carbons (Fsp3) is 0.562. The summed E-state index contributed by atoms with van der Waals surface area (Å²) in [5, 5.41) is 2.96. The van der Waals surface area contributed by atoms with E-state index in [1.165, 1.54) is 0 Å². The van der Waals surface area contributed by atoms with Gasteiger partial charge in [0.25, 0.3) is 5.91 Å². The number of hydrogen-bond donors (Lipinski definition) is 1. The quantitative estimate of drug-likeness (QED) is 0.885. The Hall–Kier alpha value is -1.51. The lowest BCUT2D eigenvalue weighted by molar-refractivity contribution is -0.128. The Kier molecular flexibility index (Phi) is 5.40. The molecule has 0 aliphatic carbocycles. The van der Waals surface area contributed by atoms with E-state index in [4.69, 9.17) is 4.74 Å². The molecule has 0 radical (unpaired) electrons. The van der Waals surface area contributed by atoms with E-state index in [9.17, 15) is 4.79 Å². The molecule has 0 aliphatic rings. The van der Waals surface area contributed by atoms with Gasteiger partial charge in [-0.15, -0.1) is 0 Å². The zero-order valence-corrected chi connectivity index (χ0v) is 12.8. The van der Waals surface area contributed by atoms with Crippen LogP contribution in [0.5, 0.6) is 5.75 Å². The SMILES string of the molecule is Cc1cc(C)cc(OC(C)C(=O)NC(C)C(C)C)c1. The van der Waals surface area contributed by atoms with Crippen molar-refractivity contribution in [1.29, 1.82) is 0 Å². The lowest BCUT2D eigenvalue weighted by Gasteiger charge is -2.21. The van der Waals surface area contributed by atoms with Crippen LogP contribution >= 0.6 is 0 Å². The van der Waals surface area contributed by atoms with Crippen LogP contribution in [0.4, 0.5) is 0 Å². The predicted molar refractivity (Wildman–Crippen MR) is 78.4 cm³/mol. The highest BCUT2D eigenvalue weighted by atomic mass is 16.5. The second-order valence-electron chi connectivity index (χ2n) is 5.62. The molecule has 0 aromatic heterocycles. The van der Waals surface area contributed by atoms with Crippen molar-refractivity contribution in [2.24, 2.45) is 5.92 Å². The van der Waals surface area contributed by atoms with Gasteiger partial charge in [-0.1, -0.05) is 19.9 Å². The van der Waals surface area contributed by atoms with E-state index in [1.54, 1.807) is 6.92 Å². The van der Waals surface area contributed by atoms with Crippen molar-refractivity contribution in [3.05, 3.63) is 29.3 Å². The van der Waals surface area contributed by atoms with Gasteiger partial charge < -0.3 is 10.1 Å². The predicted octanol–water partition coefficient (Wildman–Crippen LogP) is 3.23. The Morgan fingerprint density at radius 3 is 2.05 bits per heavy atom. The molecule has 1 aromatic carbocycles. The van der Waals surface area contributed by atoms with Crippen molar-refractivity contribution in [1.82, 2.24) is 5.32 Å². The molecule has 0 saturated heterocycles. The molecule has 0 heterocycles. The van der Waals surface area contributed by atoms with Crippen molar-refractivity contribution in [2.75, 3.05) is 0 Å². The van der Waals surface area contributed by atoms with Crippen LogP contribution in [-0.2, 0) is 4.79 Å². The molecule has 1 rings (SSSR count). The van der Waals surface area contributed by atoms with Gasteiger partial charge in [0.05, 0.1) is 0 Å². The Morgan fingerprint density at radius 2 is 1.58 bits per heavy atom. The Balaban J connectivity index is 2.63. The van der Waals surface area contributed by atoms with Gasteiger partial charge in [-0.05, 0) is 56.9 Å². The summed E-state index contributed by atoms with van der Waals surface area (Å²) >= 11 is 0. The highest BCUT2D eigenvalue weighted by molar-refractivity contribution is 5.81. The van der Waals surface area contributed by atoms with E-state index in [1.807, 2.05) is 32.9 Å². The van der Waals surface area contributed by atoms with E-state index in [2.05, 4.69) is 25.2 Å². The van der Waals surface area contributed by atoms with Gasteiger partial charge in [-0.3, -0.25) is 4.79 Å². The summed E-state index contributed by atoms with van der Waals surface area (Å²) in [7, 11) is 0. The highest BCUT2D eigenvalue weighted by Gasteiger charge is 2.18. The third-order valence-corrected chi connectivity index (χ3v) is 3.25. The van der Waals surface area contributed by atoms with Gasteiger partial charge in [0.2, 0.25) is 0 Å². The van der Waals surface area contributed by atoms with Gasteiger partial charge in [0.1, 0.15) is 5.75 Å². The third kappa shape index (κ3) is 4.93. The number of ether oxygens (including phenoxy) is 1. The summed E-state index contributed by atoms with van der Waals surface area (Å²) in [6.07, 6.45) is -0.484. The first kappa shape index (κ1) is 15.5. The maximum atomic E-state index is 12.0. The van der Waals surface area contributed by atoms with Crippen molar-refractivity contribution in [3.8, 4) is 5.75 Å². The van der Waals surface area contributed by atoms with Crippen LogP contribution in [0.1, 0.15) is 38.8 Å². The standard InChI is InChI=1S/C16H25NO2/c1-10(2)13(5)17-16(18)14(6)19-15-8-11(3)7-12(4)9-15/h7-10,13-14H,1-6H3,(H,17,18). The molecule has 2 unspecified atom stereocenters. The van der Waals surface area contributed by atoms with Gasteiger partial charge in [-0.2, -0.15) is 0 Å². The average molecular weight is 263 g/mol. The number of amides is 1. The van der Waals surface area contributed by atoms with Crippen LogP contribution < -0.4 is 10.1 Å². The number of aryl methyl sites for hydroxylation is 2. The van der Waals surface area contributed by atoms with Crippen LogP contribution in [0.3, 0.4) is 0 Å². The van der Waals surface area contributed by atoms with Crippen LogP contribution in [0, 0.1) is 19.8 Å². The summed E-state index contributed by atoms with van der Waals surface area (Å²) in [6.45, 7) is 12.0. The number of nitrogens with one attached hydrogen (secondary N) is 1. The molecule has 0 spiro atoms. The number of benzene rings is 1. The van der Waals surface area contributed by atoms with Gasteiger partial charge in [-0.25, -0.2) is 0 Å². The number of hydrogen-bond acceptors (Lipinski definition) is 2. The summed E-state index contributed by atoms with van der Waals surface area (Å²) < 4.78 is 5.71. The summed E-state index contributed by atoms with van der Waals surface area (Å²) in [4.78, 5) is 12.0. The van der Waals surface area contributed by atoms with Crippen LogP contribution in [0.2, 0.25) is 0 Å². The van der Waals surface area contributed by atoms with E-state index < -0.39 is 6.10 Å². The largest absolute Gasteiger partial charge is 0.481 e. The van der Waals surface area contributed by atoms with E-state index in [0.29, 0.717) is 5.92 Å². The maximum absolute atomic E-state index is 12.0. The van der Waals surface area contributed by atoms with Crippen molar-refractivity contribution in [2.45, 2.75) is 53.7 Å². The van der Waals surface area contributed by atoms with E-state index in [-0.39, 0.29) is 11.9 Å². The molecule has 1 amide bonds. The molecule has 1 aromatic rings. The Bertz CT molecular complexity index is 420. The molecule has 19 heavy (non-hydrogen) atoms. The lowest BCUT2D eigenvalue weighted by Crippen LogP contribution is -2.43. The lowest BCUT2D eigenvalue weighted by atomic mass is 10.1. The molecule has 3 heteroatoms. The molecular weight excluding hydrogens is 238 g/mol. The summed E-state index contributed by atoms with van der Waals surface area (Å²) in [5.74, 6) is 1.09. The number of carbonyl (C=O) groups is 1. The number of carbonyl (C=O) groups excluding carboxylic acids is 1. The fourth-order valence-corrected chi connectivity index (χ4v) is 1.77. The third-order valence-electron chi connectivity index (χ3n) is 3.25. The minimum Gasteiger partial charge on any atom is -0.481 e. The average Bonchev–Trinajstić information content (AvgIpc) is 2.26. The monoisotopic (exact) mass is 263 g/mol. The zero-order chi connectivity index (χ0) is 14.6. The minimum absolute atomic E-state index is 0.0691. The second-order valence-corrected chi connectivity index (χ2v) is 5.62. The molecule has 0 saturated carbocycles. The number of rotatable bonds is 5. The van der Waals surface area contributed by atoms with Crippen molar-refractivity contribution >= 4 is 5.91 Å². The first-order valence-electron chi connectivity index (χ1n) is 6.85. The Labute approximate surface area is 116 Å². The smallest absolute Gasteiger partial charge is 0.260 e. The molecular formula is C16H25NO2. The van der Waals surface area contributed by atoms with Crippen molar-refractivity contribution < 1.29 is 9.53 Å². The van der Waals surface area contributed by atoms with Gasteiger partial charge in [0.15, 0.2) is 6.10 Å². The van der Waals surface area contributed by atoms with E-state index in [0.717, 1.165) is 16.9 Å². The molecule has 0 bridgehead atoms. The fourth-order valence-electron chi connectivity index (χ4n) is 1.77. The van der Waals surface area contributed by atoms with Crippen LogP contribution in [-0.4, -0.2) is 18.1 Å². The van der Waals surface area contributed by atoms with Gasteiger partial charge in [0, 0.05) is 6.04 Å². The summed E-state index contributed by atoms with van der Waals surface area (Å²) in [6, 6.07) is 6.13. The zero-order valence-electron chi connectivity index (χ0n) is 12.8. The Morgan fingerprint density at radius 1 is 1.05 bits per heavy atom. The molecule has 1 N–H and O–H groups in total. The minimum atomic E-state index is -0.484. The van der Waals surface area contributed by atoms with Gasteiger partial charge >= 0.3 is 0 Å². The molecule has 0 fully saturated rings. The summed E-state index contributed by atoms with van der Waals surface area (Å²) in [5.41, 5.74) is 2.27. The molecule has 106 valence electrons. The van der Waals surface area contributed by atoms with Crippen LogP contribution in [0.25, 0.3) is 0 Å². The van der Waals surface area contributed by atoms with Crippen molar-refractivity contribution in [3.63, 3.8) is 0 Å². The maximum Gasteiger partial charge on any atom is 0.260 e. The molecule has 2 atom stereocenters. The molecule has 3 nitrogen and oxygen atoms in total. The highest BCUT2D eigenvalue weighted by Crippen LogP contribution is 2.17. The topological polar surface area (TPSA) is 38.3 Å². The first-order chi connectivity index (χ1) is 8.79.